The second-order valence-corrected chi connectivity index (χ2v) is 7.09. The van der Waals surface area contributed by atoms with E-state index in [9.17, 15) is 9.59 Å². The summed E-state index contributed by atoms with van der Waals surface area (Å²) < 4.78 is 14.6. The van der Waals surface area contributed by atoms with Gasteiger partial charge in [0.2, 0.25) is 0 Å². The van der Waals surface area contributed by atoms with Crippen molar-refractivity contribution >= 4 is 29.1 Å². The average Bonchev–Trinajstić information content (AvgIpc) is 3.09. The van der Waals surface area contributed by atoms with Gasteiger partial charge in [0.1, 0.15) is 16.3 Å². The van der Waals surface area contributed by atoms with Gasteiger partial charge in [0, 0.05) is 18.7 Å². The Bertz CT molecular complexity index is 811. The SMILES string of the molecule is CCOC(=O)C1CCN(C(=O)c2snc(-c3ccc(OC)cc3)c2N)CC1. The number of nitrogen functional groups attached to an aromatic ring is 1. The first kappa shape index (κ1) is 19.2. The van der Waals surface area contributed by atoms with Crippen LogP contribution in [0.4, 0.5) is 5.69 Å². The van der Waals surface area contributed by atoms with Crippen molar-refractivity contribution in [2.45, 2.75) is 19.8 Å². The summed E-state index contributed by atoms with van der Waals surface area (Å²) in [6, 6.07) is 7.39. The van der Waals surface area contributed by atoms with Crippen molar-refractivity contribution in [2.24, 2.45) is 5.92 Å². The quantitative estimate of drug-likeness (QED) is 0.790. The van der Waals surface area contributed by atoms with Crippen LogP contribution in [0.25, 0.3) is 11.3 Å². The molecule has 1 saturated heterocycles. The third-order valence-corrected chi connectivity index (χ3v) is 5.54. The molecule has 27 heavy (non-hydrogen) atoms. The largest absolute Gasteiger partial charge is 0.497 e. The van der Waals surface area contributed by atoms with Crippen molar-refractivity contribution in [3.8, 4) is 17.0 Å². The molecule has 0 saturated carbocycles. The van der Waals surface area contributed by atoms with Crippen LogP contribution in [0.5, 0.6) is 5.75 Å². The zero-order valence-electron chi connectivity index (χ0n) is 15.4. The van der Waals surface area contributed by atoms with Crippen molar-refractivity contribution in [1.82, 2.24) is 9.27 Å². The highest BCUT2D eigenvalue weighted by atomic mass is 32.1. The number of nitrogens with two attached hydrogens (primary N) is 1. The number of ether oxygens (including phenoxy) is 2. The molecule has 0 spiro atoms. The third-order valence-electron chi connectivity index (χ3n) is 4.69. The minimum Gasteiger partial charge on any atom is -0.497 e. The fourth-order valence-corrected chi connectivity index (χ4v) is 3.92. The van der Waals surface area contributed by atoms with E-state index in [-0.39, 0.29) is 17.8 Å². The number of hydrogen-bond acceptors (Lipinski definition) is 7. The predicted octanol–water partition coefficient (Wildman–Crippen LogP) is 2.82. The minimum absolute atomic E-state index is 0.132. The number of benzene rings is 1. The van der Waals surface area contributed by atoms with E-state index in [2.05, 4.69) is 4.37 Å². The van der Waals surface area contributed by atoms with Crippen LogP contribution in [0.15, 0.2) is 24.3 Å². The van der Waals surface area contributed by atoms with E-state index in [1.807, 2.05) is 24.3 Å². The number of aromatic nitrogens is 1. The Kier molecular flexibility index (Phi) is 5.95. The number of piperidine rings is 1. The fourth-order valence-electron chi connectivity index (χ4n) is 3.13. The zero-order chi connectivity index (χ0) is 19.4. The molecule has 0 atom stereocenters. The summed E-state index contributed by atoms with van der Waals surface area (Å²) in [4.78, 5) is 26.9. The molecule has 2 aromatic rings. The first-order valence-electron chi connectivity index (χ1n) is 8.90. The molecular weight excluding hydrogens is 366 g/mol. The van der Waals surface area contributed by atoms with Gasteiger partial charge in [-0.1, -0.05) is 0 Å². The summed E-state index contributed by atoms with van der Waals surface area (Å²) in [5.41, 5.74) is 8.06. The Morgan fingerprint density at radius 2 is 1.93 bits per heavy atom. The van der Waals surface area contributed by atoms with Gasteiger partial charge in [0.25, 0.3) is 5.91 Å². The molecule has 0 aliphatic carbocycles. The highest BCUT2D eigenvalue weighted by Crippen LogP contribution is 2.33. The zero-order valence-corrected chi connectivity index (χ0v) is 16.3. The highest BCUT2D eigenvalue weighted by molar-refractivity contribution is 7.09. The second kappa shape index (κ2) is 8.39. The first-order chi connectivity index (χ1) is 13.0. The highest BCUT2D eigenvalue weighted by Gasteiger charge is 2.30. The lowest BCUT2D eigenvalue weighted by Gasteiger charge is -2.30. The lowest BCUT2D eigenvalue weighted by atomic mass is 9.97. The van der Waals surface area contributed by atoms with Gasteiger partial charge in [-0.05, 0) is 55.6 Å². The number of likely N-dealkylation sites (tertiary alicyclic amines) is 1. The maximum Gasteiger partial charge on any atom is 0.309 e. The summed E-state index contributed by atoms with van der Waals surface area (Å²) in [7, 11) is 1.61. The van der Waals surface area contributed by atoms with Crippen molar-refractivity contribution in [2.75, 3.05) is 32.5 Å². The number of carbonyl (C=O) groups is 2. The summed E-state index contributed by atoms with van der Waals surface area (Å²) in [5, 5.41) is 0. The topological polar surface area (TPSA) is 94.8 Å². The van der Waals surface area contributed by atoms with E-state index in [0.29, 0.717) is 48.8 Å². The molecule has 8 heteroatoms. The number of methoxy groups -OCH3 is 1. The molecule has 1 aromatic heterocycles. The third kappa shape index (κ3) is 4.05. The van der Waals surface area contributed by atoms with Gasteiger partial charge in [-0.15, -0.1) is 0 Å². The smallest absolute Gasteiger partial charge is 0.309 e. The molecule has 0 bridgehead atoms. The molecule has 2 heterocycles. The molecule has 2 N–H and O–H groups in total. The van der Waals surface area contributed by atoms with Crippen LogP contribution >= 0.6 is 11.5 Å². The molecule has 1 aliphatic rings. The van der Waals surface area contributed by atoms with E-state index < -0.39 is 0 Å². The number of nitrogens with zero attached hydrogens (tertiary/aromatic N) is 2. The lowest BCUT2D eigenvalue weighted by molar-refractivity contribution is -0.149. The molecule has 1 fully saturated rings. The predicted molar refractivity (Wildman–Crippen MR) is 104 cm³/mol. The number of esters is 1. The van der Waals surface area contributed by atoms with Crippen molar-refractivity contribution in [3.05, 3.63) is 29.1 Å². The van der Waals surface area contributed by atoms with Gasteiger partial charge in [0.15, 0.2) is 0 Å². The van der Waals surface area contributed by atoms with Crippen LogP contribution in [0.2, 0.25) is 0 Å². The second-order valence-electron chi connectivity index (χ2n) is 6.32. The molecule has 3 rings (SSSR count). The minimum atomic E-state index is -0.177. The molecule has 7 nitrogen and oxygen atoms in total. The number of rotatable bonds is 5. The summed E-state index contributed by atoms with van der Waals surface area (Å²) in [6.45, 7) is 3.20. The molecular formula is C19H23N3O4S. The number of anilines is 1. The van der Waals surface area contributed by atoms with Crippen molar-refractivity contribution in [1.29, 1.82) is 0 Å². The van der Waals surface area contributed by atoms with Crippen LogP contribution in [-0.4, -0.2) is 48.0 Å². The van der Waals surface area contributed by atoms with E-state index in [1.165, 1.54) is 0 Å². The van der Waals surface area contributed by atoms with Crippen LogP contribution < -0.4 is 10.5 Å². The van der Waals surface area contributed by atoms with E-state index in [4.69, 9.17) is 15.2 Å². The standard InChI is InChI=1S/C19H23N3O4S/c1-3-26-19(24)13-8-10-22(11-9-13)18(23)17-15(20)16(21-27-17)12-4-6-14(25-2)7-5-12/h4-7,13H,3,8-11,20H2,1-2H3. The van der Waals surface area contributed by atoms with Crippen LogP contribution in [0.1, 0.15) is 29.4 Å². The number of amides is 1. The van der Waals surface area contributed by atoms with Crippen LogP contribution in [0.3, 0.4) is 0 Å². The Labute approximate surface area is 162 Å². The molecule has 0 radical (unpaired) electrons. The number of hydrogen-bond donors (Lipinski definition) is 1. The molecule has 1 aromatic carbocycles. The van der Waals surface area contributed by atoms with Gasteiger partial charge in [-0.25, -0.2) is 0 Å². The molecule has 1 aliphatic heterocycles. The molecule has 144 valence electrons. The van der Waals surface area contributed by atoms with Crippen molar-refractivity contribution < 1.29 is 19.1 Å². The van der Waals surface area contributed by atoms with Gasteiger partial charge in [0.05, 0.1) is 25.3 Å². The lowest BCUT2D eigenvalue weighted by Crippen LogP contribution is -2.40. The molecule has 0 unspecified atom stereocenters. The Morgan fingerprint density at radius 3 is 2.52 bits per heavy atom. The van der Waals surface area contributed by atoms with Gasteiger partial charge in [-0.2, -0.15) is 4.37 Å². The van der Waals surface area contributed by atoms with E-state index in [1.54, 1.807) is 18.9 Å². The Hall–Kier alpha value is -2.61. The van der Waals surface area contributed by atoms with E-state index >= 15 is 0 Å². The van der Waals surface area contributed by atoms with E-state index in [0.717, 1.165) is 22.8 Å². The molecule has 1 amide bonds. The van der Waals surface area contributed by atoms with Crippen LogP contribution in [0, 0.1) is 5.92 Å². The number of carbonyl (C=O) groups excluding carboxylic acids is 2. The maximum atomic E-state index is 12.8. The monoisotopic (exact) mass is 389 g/mol. The fraction of sp³-hybridized carbons (Fsp3) is 0.421. The average molecular weight is 389 g/mol. The normalized spacial score (nSPS) is 14.8. The summed E-state index contributed by atoms with van der Waals surface area (Å²) in [5.74, 6) is 0.298. The Morgan fingerprint density at radius 1 is 1.26 bits per heavy atom. The van der Waals surface area contributed by atoms with Gasteiger partial charge >= 0.3 is 5.97 Å². The summed E-state index contributed by atoms with van der Waals surface area (Å²) in [6.07, 6.45) is 1.21. The first-order valence-corrected chi connectivity index (χ1v) is 9.68. The van der Waals surface area contributed by atoms with Gasteiger partial charge < -0.3 is 20.1 Å². The summed E-state index contributed by atoms with van der Waals surface area (Å²) >= 11 is 1.11. The maximum absolute atomic E-state index is 12.8. The van der Waals surface area contributed by atoms with Gasteiger partial charge in [-0.3, -0.25) is 9.59 Å². The van der Waals surface area contributed by atoms with Crippen molar-refractivity contribution in [3.63, 3.8) is 0 Å². The Balaban J connectivity index is 1.69. The van der Waals surface area contributed by atoms with Crippen LogP contribution in [-0.2, 0) is 9.53 Å².